The molecule has 0 aliphatic rings. The van der Waals surface area contributed by atoms with E-state index in [0.717, 1.165) is 28.2 Å². The summed E-state index contributed by atoms with van der Waals surface area (Å²) in [4.78, 5) is 25.5. The Hall–Kier alpha value is -4.12. The van der Waals surface area contributed by atoms with Crippen LogP contribution < -0.4 is 4.90 Å². The van der Waals surface area contributed by atoms with Crippen LogP contribution in [0.2, 0.25) is 0 Å². The van der Waals surface area contributed by atoms with E-state index in [1.165, 1.54) is 11.1 Å². The molecule has 192 valence electrons. The van der Waals surface area contributed by atoms with Crippen LogP contribution >= 0.6 is 0 Å². The summed E-state index contributed by atoms with van der Waals surface area (Å²) in [5.74, 6) is -0.732. The van der Waals surface area contributed by atoms with Gasteiger partial charge in [-0.15, -0.1) is 0 Å². The Balaban J connectivity index is 1.80. The zero-order valence-corrected chi connectivity index (χ0v) is 22.2. The van der Waals surface area contributed by atoms with Crippen molar-refractivity contribution in [2.24, 2.45) is 0 Å². The van der Waals surface area contributed by atoms with Gasteiger partial charge in [-0.3, -0.25) is 0 Å². The lowest BCUT2D eigenvalue weighted by Gasteiger charge is -2.26. The molecule has 0 bridgehead atoms. The molecule has 0 fully saturated rings. The zero-order valence-electron chi connectivity index (χ0n) is 22.2. The fourth-order valence-electron chi connectivity index (χ4n) is 3.70. The predicted octanol–water partition coefficient (Wildman–Crippen LogP) is 7.10. The molecule has 0 heterocycles. The van der Waals surface area contributed by atoms with Gasteiger partial charge < -0.3 is 14.4 Å². The summed E-state index contributed by atoms with van der Waals surface area (Å²) in [6.45, 7) is 15.4. The van der Waals surface area contributed by atoms with Gasteiger partial charge in [-0.1, -0.05) is 43.5 Å². The number of nitrogens with zero attached hydrogens (tertiary/aromatic N) is 1. The van der Waals surface area contributed by atoms with E-state index in [0.29, 0.717) is 37.2 Å². The first-order valence-corrected chi connectivity index (χ1v) is 12.4. The average Bonchev–Trinajstić information content (AvgIpc) is 2.88. The third-order valence-electron chi connectivity index (χ3n) is 6.08. The van der Waals surface area contributed by atoms with Gasteiger partial charge in [0, 0.05) is 41.1 Å². The van der Waals surface area contributed by atoms with Gasteiger partial charge in [-0.25, -0.2) is 9.59 Å². The monoisotopic (exact) mass is 497 g/mol. The molecule has 0 atom stereocenters. The number of carbonyl (C=O) groups is 2. The van der Waals surface area contributed by atoms with E-state index < -0.39 is 0 Å². The smallest absolute Gasteiger partial charge is 0.333 e. The van der Waals surface area contributed by atoms with Crippen LogP contribution in [0.3, 0.4) is 0 Å². The Morgan fingerprint density at radius 1 is 0.649 bits per heavy atom. The first-order valence-electron chi connectivity index (χ1n) is 12.4. The average molecular weight is 498 g/mol. The lowest BCUT2D eigenvalue weighted by Crippen LogP contribution is -2.11. The maximum absolute atomic E-state index is 11.6. The number of hydrogen-bond acceptors (Lipinski definition) is 5. The van der Waals surface area contributed by atoms with E-state index in [1.807, 2.05) is 0 Å². The molecule has 0 aromatic heterocycles. The second-order valence-electron chi connectivity index (χ2n) is 9.27. The van der Waals surface area contributed by atoms with Crippen LogP contribution in [-0.2, 0) is 31.9 Å². The van der Waals surface area contributed by atoms with Gasteiger partial charge >= 0.3 is 11.9 Å². The number of aryl methyl sites for hydroxylation is 2. The number of esters is 2. The number of hydrogen-bond donors (Lipinski definition) is 0. The van der Waals surface area contributed by atoms with Gasteiger partial charge in [-0.05, 0) is 86.3 Å². The molecule has 5 nitrogen and oxygen atoms in total. The third-order valence-corrected chi connectivity index (χ3v) is 6.08. The van der Waals surface area contributed by atoms with E-state index in [1.54, 1.807) is 13.8 Å². The highest BCUT2D eigenvalue weighted by atomic mass is 16.5. The van der Waals surface area contributed by atoms with Gasteiger partial charge in [-0.2, -0.15) is 0 Å². The standard InChI is InChI=1S/C32H35NO4/c1-22(2)31(34)36-19-17-26-8-13-28(14-9-26)33(30-12-7-24(5)25(6)21-30)29-15-10-27(11-16-29)18-20-37-32(35)23(3)4/h7-16,21H,1,3,17-20H2,2,4-6H3. The van der Waals surface area contributed by atoms with Gasteiger partial charge in [0.05, 0.1) is 13.2 Å². The van der Waals surface area contributed by atoms with Crippen LogP contribution in [0, 0.1) is 13.8 Å². The molecular weight excluding hydrogens is 462 g/mol. The molecule has 0 amide bonds. The van der Waals surface area contributed by atoms with Crippen molar-refractivity contribution in [3.63, 3.8) is 0 Å². The van der Waals surface area contributed by atoms with Gasteiger partial charge in [0.25, 0.3) is 0 Å². The number of benzene rings is 3. The van der Waals surface area contributed by atoms with Crippen molar-refractivity contribution in [1.82, 2.24) is 0 Å². The topological polar surface area (TPSA) is 55.8 Å². The van der Waals surface area contributed by atoms with E-state index in [2.05, 4.69) is 98.6 Å². The van der Waals surface area contributed by atoms with Crippen molar-refractivity contribution in [2.75, 3.05) is 18.1 Å². The SMILES string of the molecule is C=C(C)C(=O)OCCc1ccc(N(c2ccc(CCOC(=O)C(=C)C)cc2)c2ccc(C)c(C)c2)cc1. The van der Waals surface area contributed by atoms with E-state index in [4.69, 9.17) is 9.47 Å². The molecule has 3 aromatic carbocycles. The Morgan fingerprint density at radius 3 is 1.43 bits per heavy atom. The number of ether oxygens (including phenoxy) is 2. The minimum atomic E-state index is -0.366. The molecule has 0 saturated heterocycles. The van der Waals surface area contributed by atoms with E-state index >= 15 is 0 Å². The fourth-order valence-corrected chi connectivity index (χ4v) is 3.70. The Bertz CT molecular complexity index is 1200. The Labute approximate surface area is 220 Å². The Kier molecular flexibility index (Phi) is 9.45. The van der Waals surface area contributed by atoms with Crippen LogP contribution in [-0.4, -0.2) is 25.2 Å². The third kappa shape index (κ3) is 7.68. The highest BCUT2D eigenvalue weighted by molar-refractivity contribution is 5.87. The molecule has 3 aromatic rings. The van der Waals surface area contributed by atoms with Gasteiger partial charge in [0.1, 0.15) is 0 Å². The first-order chi connectivity index (χ1) is 17.7. The van der Waals surface area contributed by atoms with Crippen molar-refractivity contribution in [1.29, 1.82) is 0 Å². The highest BCUT2D eigenvalue weighted by Crippen LogP contribution is 2.35. The van der Waals surface area contributed by atoms with Crippen molar-refractivity contribution in [3.8, 4) is 0 Å². The van der Waals surface area contributed by atoms with E-state index in [9.17, 15) is 9.59 Å². The molecule has 0 radical (unpaired) electrons. The lowest BCUT2D eigenvalue weighted by atomic mass is 10.1. The van der Waals surface area contributed by atoms with Crippen molar-refractivity contribution in [2.45, 2.75) is 40.5 Å². The first kappa shape index (κ1) is 27.5. The summed E-state index contributed by atoms with van der Waals surface area (Å²) < 4.78 is 10.5. The van der Waals surface area contributed by atoms with Crippen LogP contribution in [0.25, 0.3) is 0 Å². The van der Waals surface area contributed by atoms with Crippen molar-refractivity contribution >= 4 is 29.0 Å². The molecule has 0 unspecified atom stereocenters. The second-order valence-corrected chi connectivity index (χ2v) is 9.27. The largest absolute Gasteiger partial charge is 0.462 e. The molecule has 5 heteroatoms. The zero-order chi connectivity index (χ0) is 26.9. The van der Waals surface area contributed by atoms with Gasteiger partial charge in [0.2, 0.25) is 0 Å². The van der Waals surface area contributed by atoms with Crippen molar-refractivity contribution < 1.29 is 19.1 Å². The molecule has 0 N–H and O–H groups in total. The Morgan fingerprint density at radius 2 is 1.05 bits per heavy atom. The minimum absolute atomic E-state index is 0.315. The summed E-state index contributed by atoms with van der Waals surface area (Å²) in [5, 5.41) is 0. The van der Waals surface area contributed by atoms with Crippen molar-refractivity contribution in [3.05, 3.63) is 113 Å². The minimum Gasteiger partial charge on any atom is -0.462 e. The molecular formula is C32H35NO4. The summed E-state index contributed by atoms with van der Waals surface area (Å²) in [5.41, 5.74) is 8.53. The maximum atomic E-state index is 11.6. The second kappa shape index (κ2) is 12.7. The molecule has 0 aliphatic heterocycles. The number of rotatable bonds is 11. The molecule has 0 spiro atoms. The molecule has 3 rings (SSSR count). The summed E-state index contributed by atoms with van der Waals surface area (Å²) >= 11 is 0. The van der Waals surface area contributed by atoms with Gasteiger partial charge in [0.15, 0.2) is 0 Å². The summed E-state index contributed by atoms with van der Waals surface area (Å²) in [7, 11) is 0. The molecule has 37 heavy (non-hydrogen) atoms. The molecule has 0 aliphatic carbocycles. The van der Waals surface area contributed by atoms with Crippen LogP contribution in [0.5, 0.6) is 0 Å². The number of carbonyl (C=O) groups excluding carboxylic acids is 2. The number of anilines is 3. The fraction of sp³-hybridized carbons (Fsp3) is 0.250. The van der Waals surface area contributed by atoms with E-state index in [-0.39, 0.29) is 11.9 Å². The predicted molar refractivity (Wildman–Crippen MR) is 150 cm³/mol. The summed E-state index contributed by atoms with van der Waals surface area (Å²) in [6.07, 6.45) is 1.27. The van der Waals surface area contributed by atoms with Crippen LogP contribution in [0.15, 0.2) is 91.0 Å². The maximum Gasteiger partial charge on any atom is 0.333 e. The lowest BCUT2D eigenvalue weighted by molar-refractivity contribution is -0.139. The molecule has 0 saturated carbocycles. The normalized spacial score (nSPS) is 10.5. The van der Waals surface area contributed by atoms with Crippen LogP contribution in [0.4, 0.5) is 17.1 Å². The quantitative estimate of drug-likeness (QED) is 0.209. The summed E-state index contributed by atoms with van der Waals surface area (Å²) in [6, 6.07) is 23.0. The highest BCUT2D eigenvalue weighted by Gasteiger charge is 2.14. The van der Waals surface area contributed by atoms with Crippen LogP contribution in [0.1, 0.15) is 36.1 Å².